The molecule has 2 heterocycles. The summed E-state index contributed by atoms with van der Waals surface area (Å²) in [6.45, 7) is 1.82. The Morgan fingerprint density at radius 3 is 2.70 bits per heavy atom. The monoisotopic (exact) mass is 361 g/mol. The van der Waals surface area contributed by atoms with Crippen LogP contribution in [0.4, 0.5) is 5.69 Å². The summed E-state index contributed by atoms with van der Waals surface area (Å²) in [5.74, 6) is 0.245. The second-order valence-electron chi connectivity index (χ2n) is 6.53. The minimum atomic E-state index is -0.283. The van der Waals surface area contributed by atoms with Crippen LogP contribution in [0.5, 0.6) is 0 Å². The maximum absolute atomic E-state index is 12.7. The quantitative estimate of drug-likeness (QED) is 0.731. The Hall–Kier alpha value is -3.48. The van der Waals surface area contributed by atoms with Crippen molar-refractivity contribution >= 4 is 17.5 Å². The number of hydrogen-bond donors (Lipinski definition) is 2. The molecular formula is C20H19N5O2. The lowest BCUT2D eigenvalue weighted by Crippen LogP contribution is -2.25. The molecule has 136 valence electrons. The molecule has 1 fully saturated rings. The van der Waals surface area contributed by atoms with Crippen LogP contribution in [0.1, 0.15) is 39.3 Å². The lowest BCUT2D eigenvalue weighted by atomic mass is 10.1. The summed E-state index contributed by atoms with van der Waals surface area (Å²) in [5.41, 5.74) is 2.23. The Morgan fingerprint density at radius 1 is 1.11 bits per heavy atom. The van der Waals surface area contributed by atoms with E-state index < -0.39 is 0 Å². The highest BCUT2D eigenvalue weighted by Crippen LogP contribution is 2.20. The average molecular weight is 361 g/mol. The second kappa shape index (κ2) is 7.03. The molecule has 7 heteroatoms. The first kappa shape index (κ1) is 17.0. The van der Waals surface area contributed by atoms with Crippen LogP contribution >= 0.6 is 0 Å². The summed E-state index contributed by atoms with van der Waals surface area (Å²) in [6, 6.07) is 12.7. The normalized spacial score (nSPS) is 13.2. The van der Waals surface area contributed by atoms with Crippen molar-refractivity contribution in [3.05, 3.63) is 71.7 Å². The molecule has 1 saturated carbocycles. The molecule has 1 aliphatic rings. The van der Waals surface area contributed by atoms with Gasteiger partial charge in [0.2, 0.25) is 0 Å². The Kier molecular flexibility index (Phi) is 4.42. The zero-order chi connectivity index (χ0) is 18.8. The van der Waals surface area contributed by atoms with Gasteiger partial charge in [0.1, 0.15) is 0 Å². The molecule has 0 bridgehead atoms. The highest BCUT2D eigenvalue weighted by atomic mass is 16.2. The van der Waals surface area contributed by atoms with Crippen LogP contribution < -0.4 is 10.6 Å². The van der Waals surface area contributed by atoms with Gasteiger partial charge in [0, 0.05) is 23.5 Å². The lowest BCUT2D eigenvalue weighted by Gasteiger charge is -2.08. The first-order valence-corrected chi connectivity index (χ1v) is 8.80. The van der Waals surface area contributed by atoms with E-state index in [9.17, 15) is 9.59 Å². The number of nitrogens with zero attached hydrogens (tertiary/aromatic N) is 3. The largest absolute Gasteiger partial charge is 0.349 e. The molecule has 27 heavy (non-hydrogen) atoms. The van der Waals surface area contributed by atoms with Crippen molar-refractivity contribution in [1.82, 2.24) is 20.1 Å². The number of pyridine rings is 1. The molecule has 0 aliphatic heterocycles. The third-order valence-corrected chi connectivity index (χ3v) is 4.42. The first-order valence-electron chi connectivity index (χ1n) is 8.80. The van der Waals surface area contributed by atoms with E-state index in [1.54, 1.807) is 35.1 Å². The second-order valence-corrected chi connectivity index (χ2v) is 6.53. The fraction of sp³-hybridized carbons (Fsp3) is 0.200. The maximum atomic E-state index is 12.7. The van der Waals surface area contributed by atoms with Gasteiger partial charge in [-0.25, -0.2) is 9.67 Å². The Balaban J connectivity index is 1.51. The number of carbonyl (C=O) groups excluding carboxylic acids is 2. The number of carbonyl (C=O) groups is 2. The highest BCUT2D eigenvalue weighted by Gasteiger charge is 2.24. The number of aromatic nitrogens is 3. The molecule has 3 aromatic rings. The molecular weight excluding hydrogens is 342 g/mol. The molecule has 7 nitrogen and oxygen atoms in total. The number of hydrogen-bond acceptors (Lipinski definition) is 4. The van der Waals surface area contributed by atoms with Crippen LogP contribution in [0.25, 0.3) is 5.82 Å². The average Bonchev–Trinajstić information content (AvgIpc) is 3.41. The molecule has 2 N–H and O–H groups in total. The minimum Gasteiger partial charge on any atom is -0.349 e. The van der Waals surface area contributed by atoms with Crippen molar-refractivity contribution in [2.24, 2.45) is 0 Å². The third-order valence-electron chi connectivity index (χ3n) is 4.42. The molecule has 0 atom stereocenters. The molecule has 1 aromatic carbocycles. The van der Waals surface area contributed by atoms with Gasteiger partial charge < -0.3 is 10.6 Å². The lowest BCUT2D eigenvalue weighted by molar-refractivity contribution is 0.0949. The summed E-state index contributed by atoms with van der Waals surface area (Å²) in [6.07, 6.45) is 5.25. The van der Waals surface area contributed by atoms with Crippen molar-refractivity contribution in [3.63, 3.8) is 0 Å². The van der Waals surface area contributed by atoms with E-state index in [4.69, 9.17) is 0 Å². The molecule has 1 aliphatic carbocycles. The topological polar surface area (TPSA) is 88.9 Å². The van der Waals surface area contributed by atoms with E-state index in [2.05, 4.69) is 20.7 Å². The van der Waals surface area contributed by atoms with Gasteiger partial charge in [-0.1, -0.05) is 12.1 Å². The van der Waals surface area contributed by atoms with Crippen molar-refractivity contribution in [3.8, 4) is 5.82 Å². The minimum absolute atomic E-state index is 0.118. The van der Waals surface area contributed by atoms with Gasteiger partial charge in [0.15, 0.2) is 5.82 Å². The third kappa shape index (κ3) is 3.72. The highest BCUT2D eigenvalue weighted by molar-refractivity contribution is 6.05. The predicted octanol–water partition coefficient (Wildman–Crippen LogP) is 2.72. The number of anilines is 1. The van der Waals surface area contributed by atoms with Crippen LogP contribution in [0.15, 0.2) is 54.9 Å². The Morgan fingerprint density at radius 2 is 1.96 bits per heavy atom. The zero-order valence-corrected chi connectivity index (χ0v) is 14.8. The SMILES string of the molecule is Cc1c(C(=O)Nc2cccc(C(=O)NC3CC3)c2)cnn1-c1ccccn1. The van der Waals surface area contributed by atoms with E-state index >= 15 is 0 Å². The van der Waals surface area contributed by atoms with Crippen LogP contribution in [-0.2, 0) is 0 Å². The van der Waals surface area contributed by atoms with Gasteiger partial charge in [-0.05, 0) is 50.1 Å². The van der Waals surface area contributed by atoms with E-state index in [1.165, 1.54) is 6.20 Å². The first-order chi connectivity index (χ1) is 13.1. The van der Waals surface area contributed by atoms with E-state index in [1.807, 2.05) is 25.1 Å². The Bertz CT molecular complexity index is 993. The summed E-state index contributed by atoms with van der Waals surface area (Å²) < 4.78 is 1.62. The molecule has 2 amide bonds. The Labute approximate surface area is 156 Å². The smallest absolute Gasteiger partial charge is 0.259 e. The van der Waals surface area contributed by atoms with Gasteiger partial charge >= 0.3 is 0 Å². The molecule has 0 saturated heterocycles. The number of rotatable bonds is 5. The van der Waals surface area contributed by atoms with Gasteiger partial charge in [-0.15, -0.1) is 0 Å². The maximum Gasteiger partial charge on any atom is 0.259 e. The van der Waals surface area contributed by atoms with Crippen molar-refractivity contribution in [1.29, 1.82) is 0 Å². The van der Waals surface area contributed by atoms with Crippen molar-refractivity contribution in [2.75, 3.05) is 5.32 Å². The van der Waals surface area contributed by atoms with Crippen molar-refractivity contribution < 1.29 is 9.59 Å². The molecule has 2 aromatic heterocycles. The summed E-state index contributed by atoms with van der Waals surface area (Å²) in [4.78, 5) is 29.1. The standard InChI is InChI=1S/C20H19N5O2/c1-13-17(12-22-25(13)18-7-2-3-10-21-18)20(27)24-16-6-4-5-14(11-16)19(26)23-15-8-9-15/h2-7,10-12,15H,8-9H2,1H3,(H,23,26)(H,24,27). The van der Waals surface area contributed by atoms with Gasteiger partial charge in [0.05, 0.1) is 17.5 Å². The van der Waals surface area contributed by atoms with Crippen LogP contribution in [0.3, 0.4) is 0 Å². The molecule has 4 rings (SSSR count). The summed E-state index contributed by atoms with van der Waals surface area (Å²) in [7, 11) is 0. The van der Waals surface area contributed by atoms with Gasteiger partial charge in [-0.2, -0.15) is 5.10 Å². The zero-order valence-electron chi connectivity index (χ0n) is 14.8. The van der Waals surface area contributed by atoms with E-state index in [-0.39, 0.29) is 17.9 Å². The number of benzene rings is 1. The molecule has 0 unspecified atom stereocenters. The van der Waals surface area contributed by atoms with Crippen LogP contribution in [0, 0.1) is 6.92 Å². The number of amides is 2. The molecule has 0 spiro atoms. The summed E-state index contributed by atoms with van der Waals surface area (Å²) in [5, 5.41) is 10.0. The van der Waals surface area contributed by atoms with E-state index in [0.29, 0.717) is 28.3 Å². The molecule has 0 radical (unpaired) electrons. The fourth-order valence-corrected chi connectivity index (χ4v) is 2.78. The summed E-state index contributed by atoms with van der Waals surface area (Å²) >= 11 is 0. The fourth-order valence-electron chi connectivity index (χ4n) is 2.78. The van der Waals surface area contributed by atoms with Crippen molar-refractivity contribution in [2.45, 2.75) is 25.8 Å². The number of nitrogens with one attached hydrogen (secondary N) is 2. The van der Waals surface area contributed by atoms with Crippen LogP contribution in [-0.4, -0.2) is 32.6 Å². The van der Waals surface area contributed by atoms with E-state index in [0.717, 1.165) is 12.8 Å². The van der Waals surface area contributed by atoms with Gasteiger partial charge in [-0.3, -0.25) is 9.59 Å². The van der Waals surface area contributed by atoms with Gasteiger partial charge in [0.25, 0.3) is 11.8 Å². The predicted molar refractivity (Wildman–Crippen MR) is 101 cm³/mol. The van der Waals surface area contributed by atoms with Crippen LogP contribution in [0.2, 0.25) is 0 Å².